The fourth-order valence-electron chi connectivity index (χ4n) is 1.74. The van der Waals surface area contributed by atoms with E-state index in [1.807, 2.05) is 42.5 Å². The van der Waals surface area contributed by atoms with E-state index in [1.165, 1.54) is 0 Å². The number of nitrogens with zero attached hydrogens (tertiary/aromatic N) is 1. The number of aromatic nitrogens is 2. The van der Waals surface area contributed by atoms with Gasteiger partial charge in [-0.25, -0.2) is 4.98 Å². The lowest BCUT2D eigenvalue weighted by Crippen LogP contribution is -2.19. The molecule has 0 aliphatic heterocycles. The molecule has 5 nitrogen and oxygen atoms in total. The number of hydrogen-bond donors (Lipinski definition) is 3. The predicted octanol–water partition coefficient (Wildman–Crippen LogP) is 1.79. The molecule has 2 rings (SSSR count). The minimum atomic E-state index is -0.252. The Kier molecular flexibility index (Phi) is 3.97. The third-order valence-corrected chi connectivity index (χ3v) is 2.63. The van der Waals surface area contributed by atoms with Gasteiger partial charge in [-0.3, -0.25) is 9.78 Å². The molecule has 0 atom stereocenters. The molecule has 0 amide bonds. The quantitative estimate of drug-likeness (QED) is 0.778. The van der Waals surface area contributed by atoms with Crippen molar-refractivity contribution in [1.29, 1.82) is 0 Å². The SMILES string of the molecule is Cc1nc(N)[nH]c(=O)c1NCC=Cc1ccccc1. The molecule has 0 bridgehead atoms. The van der Waals surface area contributed by atoms with E-state index in [0.29, 0.717) is 17.9 Å². The van der Waals surface area contributed by atoms with Gasteiger partial charge in [0.25, 0.3) is 5.56 Å². The number of hydrogen-bond acceptors (Lipinski definition) is 4. The molecule has 1 aromatic carbocycles. The summed E-state index contributed by atoms with van der Waals surface area (Å²) >= 11 is 0. The van der Waals surface area contributed by atoms with Gasteiger partial charge >= 0.3 is 0 Å². The zero-order valence-electron chi connectivity index (χ0n) is 10.7. The third-order valence-electron chi connectivity index (χ3n) is 2.63. The normalized spacial score (nSPS) is 10.8. The second-order valence-corrected chi connectivity index (χ2v) is 4.11. The van der Waals surface area contributed by atoms with Crippen molar-refractivity contribution in [3.63, 3.8) is 0 Å². The molecule has 5 heteroatoms. The van der Waals surface area contributed by atoms with Gasteiger partial charge in [-0.05, 0) is 12.5 Å². The Morgan fingerprint density at radius 2 is 2.11 bits per heavy atom. The van der Waals surface area contributed by atoms with Gasteiger partial charge in [-0.1, -0.05) is 42.5 Å². The molecule has 0 saturated heterocycles. The molecule has 0 aliphatic rings. The molecular weight excluding hydrogens is 240 g/mol. The van der Waals surface area contributed by atoms with Crippen LogP contribution < -0.4 is 16.6 Å². The summed E-state index contributed by atoms with van der Waals surface area (Å²) in [6, 6.07) is 9.95. The number of nitrogen functional groups attached to an aromatic ring is 1. The Balaban J connectivity index is 2.01. The second kappa shape index (κ2) is 5.86. The molecule has 2 aromatic rings. The molecule has 19 heavy (non-hydrogen) atoms. The number of benzene rings is 1. The standard InChI is InChI=1S/C14H16N4O/c1-10-12(13(19)18-14(15)17-10)16-9-5-8-11-6-3-2-4-7-11/h2-8,16H,9H2,1H3,(H3,15,17,18,19). The highest BCUT2D eigenvalue weighted by Gasteiger charge is 2.04. The zero-order chi connectivity index (χ0) is 13.7. The van der Waals surface area contributed by atoms with Crippen LogP contribution in [0.25, 0.3) is 6.08 Å². The predicted molar refractivity (Wildman–Crippen MR) is 78.0 cm³/mol. The van der Waals surface area contributed by atoms with Crippen LogP contribution >= 0.6 is 0 Å². The van der Waals surface area contributed by atoms with Crippen LogP contribution in [0.4, 0.5) is 11.6 Å². The van der Waals surface area contributed by atoms with E-state index in [9.17, 15) is 4.79 Å². The summed E-state index contributed by atoms with van der Waals surface area (Å²) in [6.45, 7) is 2.29. The maximum Gasteiger partial charge on any atom is 0.275 e. The van der Waals surface area contributed by atoms with Gasteiger partial charge in [0.2, 0.25) is 5.95 Å². The average molecular weight is 256 g/mol. The Labute approximate surface area is 111 Å². The lowest BCUT2D eigenvalue weighted by atomic mass is 10.2. The first-order valence-electron chi connectivity index (χ1n) is 5.98. The molecule has 0 saturated carbocycles. The molecule has 0 aliphatic carbocycles. The minimum Gasteiger partial charge on any atom is -0.376 e. The second-order valence-electron chi connectivity index (χ2n) is 4.11. The number of nitrogens with one attached hydrogen (secondary N) is 2. The maximum absolute atomic E-state index is 11.7. The van der Waals surface area contributed by atoms with Crippen LogP contribution in [0.5, 0.6) is 0 Å². The van der Waals surface area contributed by atoms with E-state index in [1.54, 1.807) is 6.92 Å². The highest BCUT2D eigenvalue weighted by atomic mass is 16.1. The van der Waals surface area contributed by atoms with Crippen LogP contribution in [-0.2, 0) is 0 Å². The molecule has 1 aromatic heterocycles. The van der Waals surface area contributed by atoms with E-state index in [0.717, 1.165) is 5.56 Å². The monoisotopic (exact) mass is 256 g/mol. The first-order valence-corrected chi connectivity index (χ1v) is 5.98. The summed E-state index contributed by atoms with van der Waals surface area (Å²) in [5.74, 6) is 0.132. The topological polar surface area (TPSA) is 83.8 Å². The molecule has 4 N–H and O–H groups in total. The Bertz CT molecular complexity index is 632. The lowest BCUT2D eigenvalue weighted by Gasteiger charge is -2.05. The number of nitrogens with two attached hydrogens (primary N) is 1. The van der Waals surface area contributed by atoms with Gasteiger partial charge in [0.05, 0.1) is 5.69 Å². The molecular formula is C14H16N4O. The highest BCUT2D eigenvalue weighted by Crippen LogP contribution is 2.06. The molecule has 0 unspecified atom stereocenters. The molecule has 0 spiro atoms. The van der Waals surface area contributed by atoms with Gasteiger partial charge in [0, 0.05) is 6.54 Å². The van der Waals surface area contributed by atoms with Crippen molar-refractivity contribution >= 4 is 17.7 Å². The summed E-state index contributed by atoms with van der Waals surface area (Å²) in [5, 5.41) is 3.03. The summed E-state index contributed by atoms with van der Waals surface area (Å²) in [5.41, 5.74) is 7.36. The van der Waals surface area contributed by atoms with Crippen LogP contribution in [0.2, 0.25) is 0 Å². The number of anilines is 2. The van der Waals surface area contributed by atoms with Gasteiger partial charge in [-0.2, -0.15) is 0 Å². The lowest BCUT2D eigenvalue weighted by molar-refractivity contribution is 1.07. The summed E-state index contributed by atoms with van der Waals surface area (Å²) in [6.07, 6.45) is 3.94. The van der Waals surface area contributed by atoms with Gasteiger partial charge in [0.1, 0.15) is 5.69 Å². The Hall–Kier alpha value is -2.56. The fourth-order valence-corrected chi connectivity index (χ4v) is 1.74. The van der Waals surface area contributed by atoms with E-state index >= 15 is 0 Å². The largest absolute Gasteiger partial charge is 0.376 e. The van der Waals surface area contributed by atoms with Crippen molar-refractivity contribution in [2.75, 3.05) is 17.6 Å². The van der Waals surface area contributed by atoms with E-state index < -0.39 is 0 Å². The summed E-state index contributed by atoms with van der Waals surface area (Å²) in [7, 11) is 0. The van der Waals surface area contributed by atoms with Crippen molar-refractivity contribution in [3.8, 4) is 0 Å². The Morgan fingerprint density at radius 3 is 2.79 bits per heavy atom. The summed E-state index contributed by atoms with van der Waals surface area (Å²) < 4.78 is 0. The first-order chi connectivity index (χ1) is 9.16. The molecule has 0 fully saturated rings. The highest BCUT2D eigenvalue weighted by molar-refractivity contribution is 5.52. The summed E-state index contributed by atoms with van der Waals surface area (Å²) in [4.78, 5) is 18.1. The molecule has 98 valence electrons. The fraction of sp³-hybridized carbons (Fsp3) is 0.143. The van der Waals surface area contributed by atoms with Crippen LogP contribution in [0, 0.1) is 6.92 Å². The minimum absolute atomic E-state index is 0.132. The molecule has 1 heterocycles. The van der Waals surface area contributed by atoms with E-state index in [4.69, 9.17) is 5.73 Å². The number of H-pyrrole nitrogens is 1. The van der Waals surface area contributed by atoms with Crippen LogP contribution in [0.1, 0.15) is 11.3 Å². The zero-order valence-corrected chi connectivity index (χ0v) is 10.7. The molecule has 0 radical (unpaired) electrons. The van der Waals surface area contributed by atoms with E-state index in [2.05, 4.69) is 15.3 Å². The third kappa shape index (κ3) is 3.45. The average Bonchev–Trinajstić information content (AvgIpc) is 2.38. The number of aryl methyl sites for hydroxylation is 1. The van der Waals surface area contributed by atoms with Gasteiger partial charge < -0.3 is 11.1 Å². The smallest absolute Gasteiger partial charge is 0.275 e. The van der Waals surface area contributed by atoms with Crippen LogP contribution in [0.15, 0.2) is 41.2 Å². The van der Waals surface area contributed by atoms with Crippen molar-refractivity contribution < 1.29 is 0 Å². The van der Waals surface area contributed by atoms with Crippen molar-refractivity contribution in [2.24, 2.45) is 0 Å². The Morgan fingerprint density at radius 1 is 1.37 bits per heavy atom. The maximum atomic E-state index is 11.7. The number of rotatable bonds is 4. The number of aromatic amines is 1. The van der Waals surface area contributed by atoms with Crippen LogP contribution in [-0.4, -0.2) is 16.5 Å². The van der Waals surface area contributed by atoms with E-state index in [-0.39, 0.29) is 11.5 Å². The van der Waals surface area contributed by atoms with Gasteiger partial charge in [-0.15, -0.1) is 0 Å². The first kappa shape index (κ1) is 12.9. The van der Waals surface area contributed by atoms with Crippen molar-refractivity contribution in [2.45, 2.75) is 6.92 Å². The van der Waals surface area contributed by atoms with Crippen molar-refractivity contribution in [3.05, 3.63) is 58.0 Å². The van der Waals surface area contributed by atoms with Crippen molar-refractivity contribution in [1.82, 2.24) is 9.97 Å². The van der Waals surface area contributed by atoms with Crippen LogP contribution in [0.3, 0.4) is 0 Å². The van der Waals surface area contributed by atoms with Gasteiger partial charge in [0.15, 0.2) is 0 Å².